The van der Waals surface area contributed by atoms with Crippen LogP contribution in [0.3, 0.4) is 0 Å². The highest BCUT2D eigenvalue weighted by molar-refractivity contribution is 6.32. The van der Waals surface area contributed by atoms with Crippen molar-refractivity contribution < 1.29 is 60.0 Å². The molecular weight excluding hydrogens is 528 g/mol. The van der Waals surface area contributed by atoms with Gasteiger partial charge in [-0.3, -0.25) is 19.2 Å². The molecule has 12 nitrogen and oxygen atoms in total. The summed E-state index contributed by atoms with van der Waals surface area (Å²) in [5.41, 5.74) is -2.77. The molecule has 2 aliphatic rings. The third-order valence-corrected chi connectivity index (χ3v) is 6.47. The lowest BCUT2D eigenvalue weighted by Crippen LogP contribution is -2.21. The zero-order valence-corrected chi connectivity index (χ0v) is 19.8. The van der Waals surface area contributed by atoms with Gasteiger partial charge in [0.1, 0.15) is 34.5 Å². The number of ketones is 4. The summed E-state index contributed by atoms with van der Waals surface area (Å²) in [5, 5.41) is 77.5. The molecule has 40 heavy (non-hydrogen) atoms. The Morgan fingerprint density at radius 1 is 0.300 bits per heavy atom. The molecule has 0 bridgehead atoms. The maximum atomic E-state index is 12.3. The maximum Gasteiger partial charge on any atom is 0.202 e. The largest absolute Gasteiger partial charge is 0.507 e. The van der Waals surface area contributed by atoms with E-state index in [0.717, 1.165) is 42.5 Å². The number of carbonyl (C=O) groups excluding carboxylic acids is 4. The van der Waals surface area contributed by atoms with Crippen molar-refractivity contribution in [1.82, 2.24) is 0 Å². The molecule has 200 valence electrons. The van der Waals surface area contributed by atoms with Crippen LogP contribution in [0.2, 0.25) is 0 Å². The summed E-state index contributed by atoms with van der Waals surface area (Å²) in [7, 11) is 0. The molecule has 0 atom stereocenters. The summed E-state index contributed by atoms with van der Waals surface area (Å²) < 4.78 is 0. The quantitative estimate of drug-likeness (QED) is 0.102. The molecule has 0 unspecified atom stereocenters. The van der Waals surface area contributed by atoms with Crippen molar-refractivity contribution in [3.05, 3.63) is 93.0 Å². The van der Waals surface area contributed by atoms with Crippen molar-refractivity contribution >= 4 is 23.1 Å². The molecule has 0 spiro atoms. The van der Waals surface area contributed by atoms with Crippen LogP contribution in [0.15, 0.2) is 48.5 Å². The van der Waals surface area contributed by atoms with Crippen molar-refractivity contribution in [3.8, 4) is 46.0 Å². The topological polar surface area (TPSA) is 230 Å². The predicted octanol–water partition coefficient (Wildman–Crippen LogP) is 2.57. The minimum Gasteiger partial charge on any atom is -0.507 e. The van der Waals surface area contributed by atoms with Crippen LogP contribution in [0.25, 0.3) is 0 Å². The minimum atomic E-state index is -0.837. The number of phenols is 8. The van der Waals surface area contributed by atoms with Crippen LogP contribution in [-0.4, -0.2) is 64.0 Å². The third kappa shape index (κ3) is 3.47. The number of fused-ring (bicyclic) bond motifs is 4. The second kappa shape index (κ2) is 8.77. The molecule has 8 N–H and O–H groups in total. The lowest BCUT2D eigenvalue weighted by Gasteiger charge is -2.20. The fourth-order valence-electron chi connectivity index (χ4n) is 4.63. The molecule has 4 aromatic carbocycles. The second-order valence-corrected chi connectivity index (χ2v) is 8.73. The molecule has 2 aliphatic carbocycles. The first kappa shape index (κ1) is 25.6. The Morgan fingerprint density at radius 2 is 0.550 bits per heavy atom. The summed E-state index contributed by atoms with van der Waals surface area (Å²) in [5.74, 6) is -7.34. The van der Waals surface area contributed by atoms with Gasteiger partial charge in [-0.25, -0.2) is 0 Å². The van der Waals surface area contributed by atoms with Crippen molar-refractivity contribution in [2.24, 2.45) is 0 Å². The zero-order chi connectivity index (χ0) is 29.2. The van der Waals surface area contributed by atoms with Gasteiger partial charge in [-0.1, -0.05) is 0 Å². The number of hydrogen-bond acceptors (Lipinski definition) is 12. The average Bonchev–Trinajstić information content (AvgIpc) is 2.91. The molecule has 0 heterocycles. The molecule has 0 amide bonds. The Labute approximate surface area is 222 Å². The first-order valence-corrected chi connectivity index (χ1v) is 11.2. The van der Waals surface area contributed by atoms with Gasteiger partial charge in [0.05, 0.1) is 38.9 Å². The molecule has 0 aliphatic heterocycles. The van der Waals surface area contributed by atoms with Crippen molar-refractivity contribution in [2.75, 3.05) is 0 Å². The highest BCUT2D eigenvalue weighted by Crippen LogP contribution is 2.44. The summed E-state index contributed by atoms with van der Waals surface area (Å²) in [6, 6.07) is 8.72. The van der Waals surface area contributed by atoms with Gasteiger partial charge in [-0.15, -0.1) is 0 Å². The van der Waals surface area contributed by atoms with Crippen LogP contribution >= 0.6 is 0 Å². The van der Waals surface area contributed by atoms with E-state index >= 15 is 0 Å². The van der Waals surface area contributed by atoms with Gasteiger partial charge >= 0.3 is 0 Å². The fourth-order valence-corrected chi connectivity index (χ4v) is 4.63. The molecule has 4 aromatic rings. The van der Waals surface area contributed by atoms with Gasteiger partial charge in [0.25, 0.3) is 0 Å². The van der Waals surface area contributed by atoms with E-state index in [1.807, 2.05) is 0 Å². The third-order valence-electron chi connectivity index (χ3n) is 6.47. The van der Waals surface area contributed by atoms with E-state index < -0.39 is 69.1 Å². The predicted molar refractivity (Wildman–Crippen MR) is 133 cm³/mol. The number of phenolic OH excluding ortho intramolecular Hbond substituents is 8. The zero-order valence-electron chi connectivity index (χ0n) is 19.8. The average molecular weight is 544 g/mol. The highest BCUT2D eigenvalue weighted by atomic mass is 16.3. The van der Waals surface area contributed by atoms with Gasteiger partial charge in [0.15, 0.2) is 17.3 Å². The van der Waals surface area contributed by atoms with E-state index in [-0.39, 0.29) is 44.5 Å². The molecule has 0 aromatic heterocycles. The first-order chi connectivity index (χ1) is 18.9. The maximum absolute atomic E-state index is 12.3. The molecule has 6 rings (SSSR count). The lowest BCUT2D eigenvalue weighted by molar-refractivity contribution is 0.0969. The van der Waals surface area contributed by atoms with Crippen molar-refractivity contribution in [2.45, 2.75) is 0 Å². The SMILES string of the molecule is O=C1c2c(O)ccc(O)c2C(=O)c2c(O)ccc(O)c21.O=C1c2ccc(O)c(O)c2C(=O)c2c(O)ccc(O)c21. The van der Waals surface area contributed by atoms with Gasteiger partial charge in [0, 0.05) is 5.56 Å². The van der Waals surface area contributed by atoms with E-state index in [2.05, 4.69) is 0 Å². The molecule has 0 saturated carbocycles. The number of aromatic hydroxyl groups is 8. The van der Waals surface area contributed by atoms with Gasteiger partial charge in [-0.05, 0) is 48.5 Å². The number of rotatable bonds is 0. The standard InChI is InChI=1S/2C14H8O6/c15-6-3-4-7(16)11-10(6)12(18)5-1-2-8(17)13(19)9(5)14(11)20;15-5-1-2-6(16)10-9(5)13(19)11-7(17)3-4-8(18)12(11)14(10)20/h1-4,15-17,19H;1-4,15-18H. The normalized spacial score (nSPS) is 13.0. The fraction of sp³-hybridized carbons (Fsp3) is 0. The van der Waals surface area contributed by atoms with E-state index in [1.54, 1.807) is 0 Å². The Kier molecular flexibility index (Phi) is 5.61. The lowest BCUT2D eigenvalue weighted by atomic mass is 9.82. The molecule has 12 heteroatoms. The smallest absolute Gasteiger partial charge is 0.202 e. The summed E-state index contributed by atoms with van der Waals surface area (Å²) in [6.07, 6.45) is 0. The van der Waals surface area contributed by atoms with Gasteiger partial charge in [0.2, 0.25) is 17.3 Å². The van der Waals surface area contributed by atoms with Gasteiger partial charge in [-0.2, -0.15) is 0 Å². The van der Waals surface area contributed by atoms with Crippen LogP contribution in [-0.2, 0) is 0 Å². The number of hydrogen-bond donors (Lipinski definition) is 8. The van der Waals surface area contributed by atoms with Gasteiger partial charge < -0.3 is 40.9 Å². The molecular formula is C28H16O12. The van der Waals surface area contributed by atoms with E-state index in [4.69, 9.17) is 0 Å². The Morgan fingerprint density at radius 3 is 0.875 bits per heavy atom. The summed E-state index contributed by atoms with van der Waals surface area (Å²) >= 11 is 0. The monoisotopic (exact) mass is 544 g/mol. The summed E-state index contributed by atoms with van der Waals surface area (Å²) in [4.78, 5) is 49.2. The first-order valence-electron chi connectivity index (χ1n) is 11.2. The molecule has 0 radical (unpaired) electrons. The van der Waals surface area contributed by atoms with Crippen LogP contribution in [0.4, 0.5) is 0 Å². The molecule has 0 fully saturated rings. The van der Waals surface area contributed by atoms with E-state index in [0.29, 0.717) is 0 Å². The van der Waals surface area contributed by atoms with Crippen LogP contribution in [0.1, 0.15) is 63.7 Å². The number of benzene rings is 4. The summed E-state index contributed by atoms with van der Waals surface area (Å²) in [6.45, 7) is 0. The van der Waals surface area contributed by atoms with Crippen LogP contribution in [0, 0.1) is 0 Å². The molecule has 0 saturated heterocycles. The Hall–Kier alpha value is -6.04. The Bertz CT molecular complexity index is 1670. The highest BCUT2D eigenvalue weighted by Gasteiger charge is 2.39. The van der Waals surface area contributed by atoms with Crippen molar-refractivity contribution in [3.63, 3.8) is 0 Å². The number of carbonyl (C=O) groups is 4. The van der Waals surface area contributed by atoms with E-state index in [9.17, 15) is 60.0 Å². The van der Waals surface area contributed by atoms with Crippen LogP contribution in [0.5, 0.6) is 46.0 Å². The van der Waals surface area contributed by atoms with Crippen molar-refractivity contribution in [1.29, 1.82) is 0 Å². The minimum absolute atomic E-state index is 0.140. The second-order valence-electron chi connectivity index (χ2n) is 8.73. The van der Waals surface area contributed by atoms with Crippen LogP contribution < -0.4 is 0 Å². The van der Waals surface area contributed by atoms with E-state index in [1.165, 1.54) is 6.07 Å². The Balaban J connectivity index is 0.000000161.